The third-order valence-electron chi connectivity index (χ3n) is 4.15. The van der Waals surface area contributed by atoms with Gasteiger partial charge in [-0.05, 0) is 51.0 Å². The smallest absolute Gasteiger partial charge is 0.161 e. The predicted molar refractivity (Wildman–Crippen MR) is 94.7 cm³/mol. The number of hydrogen-bond acceptors (Lipinski definition) is 3. The summed E-state index contributed by atoms with van der Waals surface area (Å²) in [5, 5.41) is 0. The van der Waals surface area contributed by atoms with Gasteiger partial charge in [-0.25, -0.2) is 0 Å². The maximum atomic E-state index is 6.00. The van der Waals surface area contributed by atoms with E-state index < -0.39 is 0 Å². The monoisotopic (exact) mass is 311 g/mol. The van der Waals surface area contributed by atoms with Crippen molar-refractivity contribution in [3.63, 3.8) is 0 Å². The predicted octanol–water partition coefficient (Wildman–Crippen LogP) is 4.30. The van der Waals surface area contributed by atoms with Crippen LogP contribution in [0.4, 0.5) is 5.69 Å². The maximum absolute atomic E-state index is 6.00. The summed E-state index contributed by atoms with van der Waals surface area (Å²) in [4.78, 5) is 2.43. The van der Waals surface area contributed by atoms with Gasteiger partial charge in [0.1, 0.15) is 6.61 Å². The van der Waals surface area contributed by atoms with Gasteiger partial charge in [-0.3, -0.25) is 0 Å². The first kappa shape index (κ1) is 15.7. The molecule has 3 nitrogen and oxygen atoms in total. The number of ether oxygens (including phenoxy) is 2. The maximum Gasteiger partial charge on any atom is 0.161 e. The highest BCUT2D eigenvalue weighted by molar-refractivity contribution is 5.59. The van der Waals surface area contributed by atoms with Crippen molar-refractivity contribution in [2.75, 3.05) is 18.1 Å². The van der Waals surface area contributed by atoms with Crippen LogP contribution in [0.3, 0.4) is 0 Å². The normalized spacial score (nSPS) is 16.5. The molecule has 1 aliphatic heterocycles. The fourth-order valence-electron chi connectivity index (χ4n) is 3.15. The van der Waals surface area contributed by atoms with Gasteiger partial charge in [-0.2, -0.15) is 0 Å². The van der Waals surface area contributed by atoms with Gasteiger partial charge < -0.3 is 14.4 Å². The molecule has 1 aliphatic rings. The number of benzene rings is 2. The van der Waals surface area contributed by atoms with E-state index in [4.69, 9.17) is 9.47 Å². The number of anilines is 1. The van der Waals surface area contributed by atoms with Crippen LogP contribution in [-0.2, 0) is 6.42 Å². The van der Waals surface area contributed by atoms with E-state index >= 15 is 0 Å². The van der Waals surface area contributed by atoms with Gasteiger partial charge in [0.15, 0.2) is 11.5 Å². The summed E-state index contributed by atoms with van der Waals surface area (Å²) in [5.41, 5.74) is 2.78. The molecule has 0 aromatic heterocycles. The second-order valence-electron chi connectivity index (χ2n) is 6.34. The number of nitrogens with zero attached hydrogens (tertiary/aromatic N) is 1. The minimum Gasteiger partial charge on any atom is -0.488 e. The van der Waals surface area contributed by atoms with E-state index in [1.165, 1.54) is 11.3 Å². The molecule has 1 heterocycles. The highest BCUT2D eigenvalue weighted by atomic mass is 16.5. The van der Waals surface area contributed by atoms with Gasteiger partial charge in [-0.1, -0.05) is 30.3 Å². The lowest BCUT2D eigenvalue weighted by Gasteiger charge is -2.25. The fraction of sp³-hybridized carbons (Fsp3) is 0.400. The van der Waals surface area contributed by atoms with Crippen LogP contribution in [0.2, 0.25) is 0 Å². The first-order chi connectivity index (χ1) is 11.1. The zero-order valence-corrected chi connectivity index (χ0v) is 14.2. The summed E-state index contributed by atoms with van der Waals surface area (Å²) >= 11 is 0. The molecule has 23 heavy (non-hydrogen) atoms. The molecule has 2 aromatic rings. The van der Waals surface area contributed by atoms with Gasteiger partial charge in [0.2, 0.25) is 0 Å². The van der Waals surface area contributed by atoms with Crippen molar-refractivity contribution in [3.8, 4) is 11.5 Å². The summed E-state index contributed by atoms with van der Waals surface area (Å²) in [6, 6.07) is 17.1. The second kappa shape index (κ2) is 6.95. The van der Waals surface area contributed by atoms with Crippen LogP contribution in [0.5, 0.6) is 11.5 Å². The summed E-state index contributed by atoms with van der Waals surface area (Å²) in [7, 11) is 0. The lowest BCUT2D eigenvalue weighted by atomic mass is 10.1. The lowest BCUT2D eigenvalue weighted by Crippen LogP contribution is -2.33. The molecule has 0 N–H and O–H groups in total. The molecule has 122 valence electrons. The van der Waals surface area contributed by atoms with Crippen molar-refractivity contribution >= 4 is 5.69 Å². The fourth-order valence-corrected chi connectivity index (χ4v) is 3.15. The van der Waals surface area contributed by atoms with E-state index in [2.05, 4.69) is 36.1 Å². The Hall–Kier alpha value is -2.16. The Morgan fingerprint density at radius 1 is 1.04 bits per heavy atom. The number of hydrogen-bond donors (Lipinski definition) is 0. The third kappa shape index (κ3) is 3.61. The summed E-state index contributed by atoms with van der Waals surface area (Å²) in [5.74, 6) is 1.64. The molecule has 3 rings (SSSR count). The highest BCUT2D eigenvalue weighted by Gasteiger charge is 2.25. The Bertz CT molecular complexity index is 654. The van der Waals surface area contributed by atoms with Crippen molar-refractivity contribution in [1.82, 2.24) is 0 Å². The molecule has 0 aliphatic carbocycles. The van der Waals surface area contributed by atoms with Crippen LogP contribution in [0.25, 0.3) is 0 Å². The Morgan fingerprint density at radius 2 is 1.74 bits per heavy atom. The van der Waals surface area contributed by atoms with E-state index in [-0.39, 0.29) is 6.10 Å². The molecule has 1 unspecified atom stereocenters. The molecule has 0 saturated heterocycles. The van der Waals surface area contributed by atoms with E-state index in [9.17, 15) is 0 Å². The number of para-hydroxylation sites is 3. The van der Waals surface area contributed by atoms with Crippen LogP contribution in [0.15, 0.2) is 48.5 Å². The zero-order valence-electron chi connectivity index (χ0n) is 14.2. The number of fused-ring (bicyclic) bond motifs is 1. The average molecular weight is 311 g/mol. The van der Waals surface area contributed by atoms with Crippen LogP contribution in [0.1, 0.15) is 26.3 Å². The Balaban J connectivity index is 1.62. The topological polar surface area (TPSA) is 21.7 Å². The molecule has 0 spiro atoms. The van der Waals surface area contributed by atoms with E-state index in [0.717, 1.165) is 24.5 Å². The molecule has 0 fully saturated rings. The number of rotatable bonds is 6. The molecule has 0 radical (unpaired) electrons. The molecular weight excluding hydrogens is 286 g/mol. The second-order valence-corrected chi connectivity index (χ2v) is 6.34. The zero-order chi connectivity index (χ0) is 16.2. The Kier molecular flexibility index (Phi) is 4.75. The van der Waals surface area contributed by atoms with Crippen molar-refractivity contribution < 1.29 is 9.47 Å². The summed E-state index contributed by atoms with van der Waals surface area (Å²) in [6.07, 6.45) is 1.26. The first-order valence-electron chi connectivity index (χ1n) is 8.38. The quantitative estimate of drug-likeness (QED) is 0.794. The van der Waals surface area contributed by atoms with Crippen LogP contribution < -0.4 is 14.4 Å². The van der Waals surface area contributed by atoms with E-state index in [1.807, 2.05) is 38.1 Å². The third-order valence-corrected chi connectivity index (χ3v) is 4.15. The Labute approximate surface area is 138 Å². The van der Waals surface area contributed by atoms with E-state index in [1.54, 1.807) is 0 Å². The van der Waals surface area contributed by atoms with Gasteiger partial charge in [0.25, 0.3) is 0 Å². The molecular formula is C20H25NO2. The summed E-state index contributed by atoms with van der Waals surface area (Å²) in [6.45, 7) is 7.86. The van der Waals surface area contributed by atoms with Crippen molar-refractivity contribution in [2.24, 2.45) is 0 Å². The van der Waals surface area contributed by atoms with Gasteiger partial charge in [0, 0.05) is 11.7 Å². The largest absolute Gasteiger partial charge is 0.488 e. The average Bonchev–Trinajstić information content (AvgIpc) is 2.84. The molecule has 0 bridgehead atoms. The lowest BCUT2D eigenvalue weighted by molar-refractivity contribution is 0.222. The Morgan fingerprint density at radius 3 is 2.52 bits per heavy atom. The van der Waals surface area contributed by atoms with Crippen molar-refractivity contribution in [2.45, 2.75) is 39.3 Å². The minimum absolute atomic E-state index is 0.144. The molecule has 0 saturated carbocycles. The van der Waals surface area contributed by atoms with E-state index in [0.29, 0.717) is 12.6 Å². The van der Waals surface area contributed by atoms with Crippen molar-refractivity contribution in [3.05, 3.63) is 54.1 Å². The SMILES string of the molecule is CC(C)Oc1ccccc1OCCN1c2ccccc2CC1C. The van der Waals surface area contributed by atoms with Crippen molar-refractivity contribution in [1.29, 1.82) is 0 Å². The standard InChI is InChI=1S/C20H25NO2/c1-15(2)23-20-11-7-6-10-19(20)22-13-12-21-16(3)14-17-8-4-5-9-18(17)21/h4-11,15-16H,12-14H2,1-3H3. The van der Waals surface area contributed by atoms with Gasteiger partial charge in [0.05, 0.1) is 12.6 Å². The van der Waals surface area contributed by atoms with Gasteiger partial charge >= 0.3 is 0 Å². The molecule has 2 aromatic carbocycles. The molecule has 3 heteroatoms. The highest BCUT2D eigenvalue weighted by Crippen LogP contribution is 2.32. The summed E-state index contributed by atoms with van der Waals surface area (Å²) < 4.78 is 11.8. The van der Waals surface area contributed by atoms with Crippen LogP contribution >= 0.6 is 0 Å². The first-order valence-corrected chi connectivity index (χ1v) is 8.38. The van der Waals surface area contributed by atoms with Crippen LogP contribution in [-0.4, -0.2) is 25.3 Å². The van der Waals surface area contributed by atoms with Crippen LogP contribution in [0, 0.1) is 0 Å². The minimum atomic E-state index is 0.144. The molecule has 1 atom stereocenters. The van der Waals surface area contributed by atoms with Gasteiger partial charge in [-0.15, -0.1) is 0 Å². The molecule has 0 amide bonds.